The van der Waals surface area contributed by atoms with Gasteiger partial charge in [0, 0.05) is 24.3 Å². The number of nitrogens with one attached hydrogen (secondary N) is 2. The zero-order chi connectivity index (χ0) is 15.7. The summed E-state index contributed by atoms with van der Waals surface area (Å²) in [6.07, 6.45) is 4.25. The van der Waals surface area contributed by atoms with E-state index >= 15 is 0 Å². The average molecular weight is 291 g/mol. The monoisotopic (exact) mass is 291 g/mol. The highest BCUT2D eigenvalue weighted by Crippen LogP contribution is 2.11. The number of anilines is 1. The van der Waals surface area contributed by atoms with Crippen molar-refractivity contribution in [1.82, 2.24) is 10.3 Å². The number of aromatic nitrogens is 1. The van der Waals surface area contributed by atoms with Crippen LogP contribution >= 0.6 is 0 Å². The molecule has 1 aromatic heterocycles. The Morgan fingerprint density at radius 3 is 2.62 bits per heavy atom. The molecule has 0 spiro atoms. The second kappa shape index (κ2) is 9.37. The van der Waals surface area contributed by atoms with Gasteiger partial charge in [-0.15, -0.1) is 0 Å². The summed E-state index contributed by atoms with van der Waals surface area (Å²) in [7, 11) is 0. The van der Waals surface area contributed by atoms with E-state index in [4.69, 9.17) is 0 Å². The first-order chi connectivity index (χ1) is 10.1. The third kappa shape index (κ3) is 6.61. The van der Waals surface area contributed by atoms with Crippen molar-refractivity contribution in [3.8, 4) is 0 Å². The summed E-state index contributed by atoms with van der Waals surface area (Å²) < 4.78 is 0. The minimum atomic E-state index is -0.00389. The van der Waals surface area contributed by atoms with Gasteiger partial charge in [0.05, 0.1) is 0 Å². The number of carbonyl (C=O) groups is 1. The topological polar surface area (TPSA) is 54.0 Å². The molecule has 1 aromatic rings. The van der Waals surface area contributed by atoms with Crippen LogP contribution in [0.1, 0.15) is 63.0 Å². The molecule has 0 bridgehead atoms. The lowest BCUT2D eigenvalue weighted by Gasteiger charge is -2.10. The highest BCUT2D eigenvalue weighted by atomic mass is 16.1. The van der Waals surface area contributed by atoms with Crippen LogP contribution < -0.4 is 10.6 Å². The van der Waals surface area contributed by atoms with E-state index < -0.39 is 0 Å². The predicted octanol–water partition coefficient (Wildman–Crippen LogP) is 3.63. The number of hydrogen-bond acceptors (Lipinski definition) is 3. The van der Waals surface area contributed by atoms with E-state index in [-0.39, 0.29) is 5.91 Å². The largest absolute Gasteiger partial charge is 0.370 e. The van der Waals surface area contributed by atoms with E-state index in [2.05, 4.69) is 29.5 Å². The van der Waals surface area contributed by atoms with Gasteiger partial charge in [-0.3, -0.25) is 4.79 Å². The first-order valence-corrected chi connectivity index (χ1v) is 8.09. The Morgan fingerprint density at radius 2 is 2.00 bits per heavy atom. The molecule has 0 fully saturated rings. The number of nitrogens with zero attached hydrogens (tertiary/aromatic N) is 1. The molecular formula is C17H29N3O. The van der Waals surface area contributed by atoms with Crippen molar-refractivity contribution in [2.24, 2.45) is 5.92 Å². The fourth-order valence-electron chi connectivity index (χ4n) is 2.15. The molecule has 0 unspecified atom stereocenters. The quantitative estimate of drug-likeness (QED) is 0.683. The van der Waals surface area contributed by atoms with Crippen molar-refractivity contribution in [2.45, 2.75) is 53.4 Å². The maximum atomic E-state index is 12.2. The molecule has 1 heterocycles. The normalized spacial score (nSPS) is 10.7. The SMILES string of the molecule is CCNc1cc(C(=O)NCCCCC(C)C)cc(CC)n1. The second-order valence-electron chi connectivity index (χ2n) is 5.76. The van der Waals surface area contributed by atoms with Gasteiger partial charge in [0.1, 0.15) is 5.82 Å². The molecule has 1 rings (SSSR count). The molecule has 0 aliphatic carbocycles. The van der Waals surface area contributed by atoms with Crippen LogP contribution in [-0.2, 0) is 6.42 Å². The number of aryl methyl sites for hydroxylation is 1. The van der Waals surface area contributed by atoms with Gasteiger partial charge >= 0.3 is 0 Å². The van der Waals surface area contributed by atoms with Crippen molar-refractivity contribution < 1.29 is 4.79 Å². The van der Waals surface area contributed by atoms with E-state index in [1.807, 2.05) is 26.0 Å². The molecule has 0 aromatic carbocycles. The number of hydrogen-bond donors (Lipinski definition) is 2. The molecule has 4 heteroatoms. The predicted molar refractivity (Wildman–Crippen MR) is 88.8 cm³/mol. The van der Waals surface area contributed by atoms with Gasteiger partial charge in [-0.25, -0.2) is 4.98 Å². The standard InChI is InChI=1S/C17H29N3O/c1-5-15-11-14(12-16(20-15)18-6-2)17(21)19-10-8-7-9-13(3)4/h11-13H,5-10H2,1-4H3,(H,18,20)(H,19,21). The number of carbonyl (C=O) groups excluding carboxylic acids is 1. The van der Waals surface area contributed by atoms with Gasteiger partial charge in [-0.2, -0.15) is 0 Å². The van der Waals surface area contributed by atoms with Crippen LogP contribution in [0.4, 0.5) is 5.82 Å². The smallest absolute Gasteiger partial charge is 0.251 e. The van der Waals surface area contributed by atoms with Gasteiger partial charge in [0.2, 0.25) is 0 Å². The summed E-state index contributed by atoms with van der Waals surface area (Å²) in [5.41, 5.74) is 1.64. The summed E-state index contributed by atoms with van der Waals surface area (Å²) in [5.74, 6) is 1.51. The molecule has 118 valence electrons. The Labute approximate surface area is 128 Å². The second-order valence-corrected chi connectivity index (χ2v) is 5.76. The zero-order valence-electron chi connectivity index (χ0n) is 13.8. The molecular weight excluding hydrogens is 262 g/mol. The molecule has 4 nitrogen and oxygen atoms in total. The first-order valence-electron chi connectivity index (χ1n) is 8.09. The van der Waals surface area contributed by atoms with Gasteiger partial charge in [0.15, 0.2) is 0 Å². The van der Waals surface area contributed by atoms with Crippen LogP contribution in [0.15, 0.2) is 12.1 Å². The Balaban J connectivity index is 2.54. The van der Waals surface area contributed by atoms with Crippen molar-refractivity contribution in [3.05, 3.63) is 23.4 Å². The summed E-state index contributed by atoms with van der Waals surface area (Å²) in [4.78, 5) is 16.7. The molecule has 0 saturated heterocycles. The van der Waals surface area contributed by atoms with Crippen LogP contribution in [0.3, 0.4) is 0 Å². The maximum absolute atomic E-state index is 12.2. The minimum Gasteiger partial charge on any atom is -0.370 e. The van der Waals surface area contributed by atoms with Crippen LogP contribution in [-0.4, -0.2) is 24.0 Å². The van der Waals surface area contributed by atoms with Crippen LogP contribution in [0.2, 0.25) is 0 Å². The highest BCUT2D eigenvalue weighted by Gasteiger charge is 2.09. The Kier molecular flexibility index (Phi) is 7.80. The molecule has 2 N–H and O–H groups in total. The first kappa shape index (κ1) is 17.5. The summed E-state index contributed by atoms with van der Waals surface area (Å²) in [6.45, 7) is 10.1. The van der Waals surface area contributed by atoms with E-state index in [1.165, 1.54) is 6.42 Å². The van der Waals surface area contributed by atoms with Gasteiger partial charge < -0.3 is 10.6 Å². The van der Waals surface area contributed by atoms with Gasteiger partial charge in [-0.1, -0.05) is 33.6 Å². The van der Waals surface area contributed by atoms with Crippen LogP contribution in [0.5, 0.6) is 0 Å². The van der Waals surface area contributed by atoms with Crippen molar-refractivity contribution in [1.29, 1.82) is 0 Å². The molecule has 1 amide bonds. The maximum Gasteiger partial charge on any atom is 0.251 e. The van der Waals surface area contributed by atoms with E-state index in [1.54, 1.807) is 0 Å². The van der Waals surface area contributed by atoms with Crippen molar-refractivity contribution in [2.75, 3.05) is 18.4 Å². The summed E-state index contributed by atoms with van der Waals surface area (Å²) in [6, 6.07) is 3.70. The summed E-state index contributed by atoms with van der Waals surface area (Å²) in [5, 5.41) is 6.17. The van der Waals surface area contributed by atoms with Crippen molar-refractivity contribution >= 4 is 11.7 Å². The number of rotatable bonds is 9. The molecule has 0 atom stereocenters. The number of pyridine rings is 1. The Hall–Kier alpha value is -1.58. The average Bonchev–Trinajstić information content (AvgIpc) is 2.46. The molecule has 0 radical (unpaired) electrons. The van der Waals surface area contributed by atoms with Crippen LogP contribution in [0, 0.1) is 5.92 Å². The molecule has 21 heavy (non-hydrogen) atoms. The van der Waals surface area contributed by atoms with E-state index in [0.717, 1.165) is 49.8 Å². The number of amides is 1. The third-order valence-corrected chi connectivity index (χ3v) is 3.35. The lowest BCUT2D eigenvalue weighted by molar-refractivity contribution is 0.0952. The van der Waals surface area contributed by atoms with E-state index in [0.29, 0.717) is 5.56 Å². The number of unbranched alkanes of at least 4 members (excludes halogenated alkanes) is 1. The van der Waals surface area contributed by atoms with Gasteiger partial charge in [-0.05, 0) is 37.8 Å². The minimum absolute atomic E-state index is 0.00389. The molecule has 0 saturated carbocycles. The lowest BCUT2D eigenvalue weighted by Crippen LogP contribution is -2.25. The molecule has 0 aliphatic rings. The molecule has 0 aliphatic heterocycles. The van der Waals surface area contributed by atoms with Crippen LogP contribution in [0.25, 0.3) is 0 Å². The van der Waals surface area contributed by atoms with E-state index in [9.17, 15) is 4.79 Å². The van der Waals surface area contributed by atoms with Gasteiger partial charge in [0.25, 0.3) is 5.91 Å². The zero-order valence-corrected chi connectivity index (χ0v) is 13.8. The summed E-state index contributed by atoms with van der Waals surface area (Å²) >= 11 is 0. The Morgan fingerprint density at radius 1 is 1.24 bits per heavy atom. The fourth-order valence-corrected chi connectivity index (χ4v) is 2.15. The highest BCUT2D eigenvalue weighted by molar-refractivity contribution is 5.95. The Bertz CT molecular complexity index is 444. The fraction of sp³-hybridized carbons (Fsp3) is 0.647. The lowest BCUT2D eigenvalue weighted by atomic mass is 10.1. The van der Waals surface area contributed by atoms with Crippen molar-refractivity contribution in [3.63, 3.8) is 0 Å². The third-order valence-electron chi connectivity index (χ3n) is 3.35.